The predicted octanol–water partition coefficient (Wildman–Crippen LogP) is 3.39. The van der Waals surface area contributed by atoms with Gasteiger partial charge in [0.15, 0.2) is 11.9 Å². The summed E-state index contributed by atoms with van der Waals surface area (Å²) < 4.78 is 23.4. The Hall–Kier alpha value is -3.42. The van der Waals surface area contributed by atoms with Crippen LogP contribution in [-0.2, 0) is 4.74 Å². The van der Waals surface area contributed by atoms with Gasteiger partial charge in [-0.05, 0) is 43.7 Å². The number of benzene rings is 2. The molecule has 1 unspecified atom stereocenters. The fraction of sp³-hybridized carbons (Fsp3) is 0.167. The van der Waals surface area contributed by atoms with Crippen LogP contribution in [0, 0.1) is 12.7 Å². The van der Waals surface area contributed by atoms with Gasteiger partial charge in [0.1, 0.15) is 11.6 Å². The number of nitrogens with two attached hydrogens (primary N) is 1. The lowest BCUT2D eigenvalue weighted by Crippen LogP contribution is -2.10. The van der Waals surface area contributed by atoms with Crippen molar-refractivity contribution < 1.29 is 23.6 Å². The molecule has 0 saturated heterocycles. The molecule has 0 amide bonds. The number of carbonyl (C=O) groups excluding carboxylic acids is 1. The first kappa shape index (κ1) is 17.4. The molecule has 3 aromatic rings. The lowest BCUT2D eigenvalue weighted by molar-refractivity contribution is 0.0265. The van der Waals surface area contributed by atoms with Gasteiger partial charge in [0.25, 0.3) is 5.89 Å². The second-order valence-corrected chi connectivity index (χ2v) is 5.69. The number of halogens is 1. The van der Waals surface area contributed by atoms with E-state index in [2.05, 4.69) is 10.1 Å². The summed E-state index contributed by atoms with van der Waals surface area (Å²) in [6, 6.07) is 8.19. The summed E-state index contributed by atoms with van der Waals surface area (Å²) in [7, 11) is 0. The van der Waals surface area contributed by atoms with E-state index in [0.29, 0.717) is 17.0 Å². The molecule has 134 valence electrons. The summed E-state index contributed by atoms with van der Waals surface area (Å²) in [5, 5.41) is 13.7. The molecule has 0 saturated carbocycles. The zero-order chi connectivity index (χ0) is 18.8. The molecule has 8 heteroatoms. The molecule has 0 spiro atoms. The van der Waals surface area contributed by atoms with Crippen LogP contribution < -0.4 is 5.73 Å². The van der Waals surface area contributed by atoms with E-state index in [1.165, 1.54) is 36.4 Å². The number of anilines is 1. The molecule has 3 N–H and O–H groups in total. The van der Waals surface area contributed by atoms with Crippen molar-refractivity contribution in [3.8, 4) is 16.9 Å². The third-order valence-corrected chi connectivity index (χ3v) is 3.72. The molecular formula is C18H16FN3O4. The van der Waals surface area contributed by atoms with Crippen molar-refractivity contribution in [3.05, 3.63) is 59.5 Å². The number of phenolic OH excluding ortho intramolecular Hbond substituents is 1. The second kappa shape index (κ2) is 6.83. The number of aromatic hydroxyl groups is 1. The predicted molar refractivity (Wildman–Crippen MR) is 90.8 cm³/mol. The number of nitrogen functional groups attached to an aromatic ring is 1. The Kier molecular flexibility index (Phi) is 4.57. The minimum Gasteiger partial charge on any atom is -0.506 e. The molecule has 0 aliphatic heterocycles. The van der Waals surface area contributed by atoms with Gasteiger partial charge in [-0.25, -0.2) is 9.18 Å². The molecule has 0 aliphatic carbocycles. The van der Waals surface area contributed by atoms with Crippen LogP contribution in [0.1, 0.15) is 35.1 Å². The van der Waals surface area contributed by atoms with Crippen LogP contribution in [0.2, 0.25) is 0 Å². The summed E-state index contributed by atoms with van der Waals surface area (Å²) in [6.07, 6.45) is -0.766. The van der Waals surface area contributed by atoms with E-state index < -0.39 is 17.9 Å². The fourth-order valence-corrected chi connectivity index (χ4v) is 2.38. The normalized spacial score (nSPS) is 12.0. The number of rotatable bonds is 4. The largest absolute Gasteiger partial charge is 0.506 e. The summed E-state index contributed by atoms with van der Waals surface area (Å²) in [5.74, 6) is -0.802. The van der Waals surface area contributed by atoms with E-state index in [1.54, 1.807) is 13.8 Å². The van der Waals surface area contributed by atoms with Crippen molar-refractivity contribution in [3.63, 3.8) is 0 Å². The minimum absolute atomic E-state index is 0.0775. The molecule has 0 bridgehead atoms. The molecular weight excluding hydrogens is 341 g/mol. The van der Waals surface area contributed by atoms with Crippen molar-refractivity contribution in [2.75, 3.05) is 5.73 Å². The van der Waals surface area contributed by atoms with E-state index in [1.807, 2.05) is 0 Å². The Morgan fingerprint density at radius 1 is 1.31 bits per heavy atom. The zero-order valence-electron chi connectivity index (χ0n) is 14.1. The monoisotopic (exact) mass is 357 g/mol. The van der Waals surface area contributed by atoms with Crippen molar-refractivity contribution in [1.29, 1.82) is 0 Å². The number of hydrogen-bond acceptors (Lipinski definition) is 7. The Bertz CT molecular complexity index is 954. The van der Waals surface area contributed by atoms with E-state index in [-0.39, 0.29) is 22.9 Å². The molecule has 2 aromatic carbocycles. The van der Waals surface area contributed by atoms with Crippen molar-refractivity contribution in [2.45, 2.75) is 20.0 Å². The SMILES string of the molecule is Cc1noc(C(C)OC(=O)c2cc(O)c(N)c(-c3ccc(F)cc3)c2)n1. The quantitative estimate of drug-likeness (QED) is 0.418. The van der Waals surface area contributed by atoms with E-state index in [9.17, 15) is 14.3 Å². The molecule has 3 rings (SSSR count). The highest BCUT2D eigenvalue weighted by Gasteiger charge is 2.21. The number of carbonyl (C=O) groups is 1. The van der Waals surface area contributed by atoms with Crippen molar-refractivity contribution in [2.24, 2.45) is 0 Å². The average molecular weight is 357 g/mol. The maximum atomic E-state index is 13.1. The first-order chi connectivity index (χ1) is 12.3. The minimum atomic E-state index is -0.766. The van der Waals surface area contributed by atoms with Crippen molar-refractivity contribution in [1.82, 2.24) is 10.1 Å². The first-order valence-corrected chi connectivity index (χ1v) is 7.74. The average Bonchev–Trinajstić information content (AvgIpc) is 3.04. The Balaban J connectivity index is 1.90. The number of aromatic nitrogens is 2. The van der Waals surface area contributed by atoms with Crippen LogP contribution in [0.15, 0.2) is 40.9 Å². The molecule has 26 heavy (non-hydrogen) atoms. The summed E-state index contributed by atoms with van der Waals surface area (Å²) in [4.78, 5) is 16.4. The van der Waals surface area contributed by atoms with Gasteiger partial charge in [0, 0.05) is 5.56 Å². The van der Waals surface area contributed by atoms with Crippen LogP contribution in [0.3, 0.4) is 0 Å². The Morgan fingerprint density at radius 2 is 2.00 bits per heavy atom. The topological polar surface area (TPSA) is 111 Å². The molecule has 7 nitrogen and oxygen atoms in total. The van der Waals surface area contributed by atoms with Gasteiger partial charge in [0.05, 0.1) is 11.3 Å². The lowest BCUT2D eigenvalue weighted by atomic mass is 10.00. The lowest BCUT2D eigenvalue weighted by Gasteiger charge is -2.13. The highest BCUT2D eigenvalue weighted by Crippen LogP contribution is 2.35. The third kappa shape index (κ3) is 3.49. The molecule has 1 atom stereocenters. The number of aryl methyl sites for hydroxylation is 1. The fourth-order valence-electron chi connectivity index (χ4n) is 2.38. The van der Waals surface area contributed by atoms with Crippen molar-refractivity contribution >= 4 is 11.7 Å². The molecule has 1 heterocycles. The molecule has 1 aromatic heterocycles. The van der Waals surface area contributed by atoms with Gasteiger partial charge in [-0.1, -0.05) is 17.3 Å². The number of ether oxygens (including phenoxy) is 1. The van der Waals surface area contributed by atoms with Gasteiger partial charge in [-0.2, -0.15) is 4.98 Å². The third-order valence-electron chi connectivity index (χ3n) is 3.72. The van der Waals surface area contributed by atoms with Gasteiger partial charge in [-0.15, -0.1) is 0 Å². The zero-order valence-corrected chi connectivity index (χ0v) is 14.1. The number of esters is 1. The Labute approximate surface area is 148 Å². The van der Waals surface area contributed by atoms with Crippen LogP contribution in [-0.4, -0.2) is 21.2 Å². The van der Waals surface area contributed by atoms with E-state index >= 15 is 0 Å². The molecule has 0 aliphatic rings. The maximum absolute atomic E-state index is 13.1. The smallest absolute Gasteiger partial charge is 0.339 e. The van der Waals surface area contributed by atoms with Crippen LogP contribution in [0.25, 0.3) is 11.1 Å². The molecule has 0 fully saturated rings. The standard InChI is InChI=1S/C18H16FN3O4/c1-9(17-21-10(2)22-26-17)25-18(24)12-7-14(16(20)15(23)8-12)11-3-5-13(19)6-4-11/h3-9,23H,20H2,1-2H3. The van der Waals surface area contributed by atoms with Crippen LogP contribution in [0.5, 0.6) is 5.75 Å². The summed E-state index contributed by atoms with van der Waals surface area (Å²) in [6.45, 7) is 3.23. The first-order valence-electron chi connectivity index (χ1n) is 7.74. The van der Waals surface area contributed by atoms with Gasteiger partial charge >= 0.3 is 5.97 Å². The van der Waals surface area contributed by atoms with Gasteiger partial charge in [-0.3, -0.25) is 0 Å². The van der Waals surface area contributed by atoms with E-state index in [4.69, 9.17) is 15.0 Å². The highest BCUT2D eigenvalue weighted by atomic mass is 19.1. The number of nitrogens with zero attached hydrogens (tertiary/aromatic N) is 2. The summed E-state index contributed by atoms with van der Waals surface area (Å²) in [5.41, 5.74) is 6.99. The molecule has 0 radical (unpaired) electrons. The van der Waals surface area contributed by atoms with Crippen LogP contribution >= 0.6 is 0 Å². The number of hydrogen-bond donors (Lipinski definition) is 2. The van der Waals surface area contributed by atoms with E-state index in [0.717, 1.165) is 0 Å². The number of phenols is 1. The second-order valence-electron chi connectivity index (χ2n) is 5.69. The van der Waals surface area contributed by atoms with Gasteiger partial charge in [0.2, 0.25) is 0 Å². The highest BCUT2D eigenvalue weighted by molar-refractivity contribution is 5.95. The summed E-state index contributed by atoms with van der Waals surface area (Å²) >= 11 is 0. The van der Waals surface area contributed by atoms with Crippen LogP contribution in [0.4, 0.5) is 10.1 Å². The maximum Gasteiger partial charge on any atom is 0.339 e. The Morgan fingerprint density at radius 3 is 2.62 bits per heavy atom. The van der Waals surface area contributed by atoms with Gasteiger partial charge < -0.3 is 20.1 Å².